The maximum atomic E-state index is 13.1. The molecule has 1 atom stereocenters. The highest BCUT2D eigenvalue weighted by Crippen LogP contribution is 2.38. The highest BCUT2D eigenvalue weighted by molar-refractivity contribution is 5.79. The van der Waals surface area contributed by atoms with E-state index in [-0.39, 0.29) is 23.7 Å². The molecule has 1 unspecified atom stereocenters. The summed E-state index contributed by atoms with van der Waals surface area (Å²) in [4.78, 5) is 12.5. The van der Waals surface area contributed by atoms with Gasteiger partial charge in [-0.25, -0.2) is 4.39 Å². The Bertz CT molecular complexity index is 478. The third kappa shape index (κ3) is 3.43. The van der Waals surface area contributed by atoms with Crippen molar-refractivity contribution >= 4 is 5.91 Å². The van der Waals surface area contributed by atoms with E-state index in [1.807, 2.05) is 0 Å². The smallest absolute Gasteiger partial charge is 0.223 e. The number of piperidine rings is 1. The molecule has 1 aliphatic heterocycles. The molecule has 21 heavy (non-hydrogen) atoms. The summed E-state index contributed by atoms with van der Waals surface area (Å²) >= 11 is 0. The van der Waals surface area contributed by atoms with E-state index in [1.54, 1.807) is 12.1 Å². The molecule has 2 aliphatic rings. The summed E-state index contributed by atoms with van der Waals surface area (Å²) in [6, 6.07) is 6.62. The van der Waals surface area contributed by atoms with E-state index in [0.717, 1.165) is 44.3 Å². The van der Waals surface area contributed by atoms with E-state index in [0.29, 0.717) is 5.92 Å². The van der Waals surface area contributed by atoms with Gasteiger partial charge in [-0.3, -0.25) is 4.79 Å². The van der Waals surface area contributed by atoms with Crippen LogP contribution in [0, 0.1) is 17.7 Å². The minimum absolute atomic E-state index is 0.0433. The zero-order chi connectivity index (χ0) is 14.7. The zero-order valence-electron chi connectivity index (χ0n) is 12.3. The number of nitrogens with one attached hydrogen (secondary N) is 2. The fourth-order valence-corrected chi connectivity index (χ4v) is 3.27. The predicted octanol–water partition coefficient (Wildman–Crippen LogP) is 2.78. The van der Waals surface area contributed by atoms with Gasteiger partial charge in [0.05, 0.1) is 6.04 Å². The largest absolute Gasteiger partial charge is 0.349 e. The highest BCUT2D eigenvalue weighted by Gasteiger charge is 2.31. The number of hydrogen-bond acceptors (Lipinski definition) is 2. The first-order valence-electron chi connectivity index (χ1n) is 8.00. The lowest BCUT2D eigenvalue weighted by atomic mass is 9.77. The molecule has 1 aromatic rings. The Balaban J connectivity index is 1.70. The summed E-state index contributed by atoms with van der Waals surface area (Å²) in [6.45, 7) is 1.84. The Labute approximate surface area is 125 Å². The summed E-state index contributed by atoms with van der Waals surface area (Å²) in [5.74, 6) is 0.559. The molecule has 114 valence electrons. The molecule has 1 heterocycles. The molecule has 3 rings (SSSR count). The van der Waals surface area contributed by atoms with Gasteiger partial charge in [-0.05, 0) is 62.4 Å². The lowest BCUT2D eigenvalue weighted by Crippen LogP contribution is -2.42. The van der Waals surface area contributed by atoms with Gasteiger partial charge in [-0.15, -0.1) is 0 Å². The second-order valence-electron chi connectivity index (χ2n) is 6.25. The van der Waals surface area contributed by atoms with Crippen LogP contribution >= 0.6 is 0 Å². The zero-order valence-corrected chi connectivity index (χ0v) is 12.3. The number of carbonyl (C=O) groups is 1. The number of halogens is 1. The van der Waals surface area contributed by atoms with Gasteiger partial charge in [0, 0.05) is 5.92 Å². The SMILES string of the molecule is O=C(NC(c1ccc(F)cc1)C1CCC1)C1CCNCC1. The molecule has 3 nitrogen and oxygen atoms in total. The molecular weight excluding hydrogens is 267 g/mol. The van der Waals surface area contributed by atoms with Crippen LogP contribution < -0.4 is 10.6 Å². The van der Waals surface area contributed by atoms with E-state index in [1.165, 1.54) is 18.6 Å². The van der Waals surface area contributed by atoms with Crippen LogP contribution in [-0.4, -0.2) is 19.0 Å². The highest BCUT2D eigenvalue weighted by atomic mass is 19.1. The van der Waals surface area contributed by atoms with Gasteiger partial charge in [0.2, 0.25) is 5.91 Å². The van der Waals surface area contributed by atoms with Crippen LogP contribution in [0.25, 0.3) is 0 Å². The Morgan fingerprint density at radius 1 is 1.14 bits per heavy atom. The second kappa shape index (κ2) is 6.56. The maximum Gasteiger partial charge on any atom is 0.223 e. The van der Waals surface area contributed by atoms with Crippen molar-refractivity contribution in [3.8, 4) is 0 Å². The van der Waals surface area contributed by atoms with Gasteiger partial charge < -0.3 is 10.6 Å². The normalized spacial score (nSPS) is 21.6. The topological polar surface area (TPSA) is 41.1 Å². The van der Waals surface area contributed by atoms with E-state index in [9.17, 15) is 9.18 Å². The van der Waals surface area contributed by atoms with E-state index in [4.69, 9.17) is 0 Å². The molecular formula is C17H23FN2O. The van der Waals surface area contributed by atoms with Gasteiger partial charge >= 0.3 is 0 Å². The minimum Gasteiger partial charge on any atom is -0.349 e. The van der Waals surface area contributed by atoms with Crippen molar-refractivity contribution in [1.82, 2.24) is 10.6 Å². The third-order valence-electron chi connectivity index (χ3n) is 4.86. The lowest BCUT2D eigenvalue weighted by molar-refractivity contribution is -0.127. The van der Waals surface area contributed by atoms with Crippen molar-refractivity contribution in [2.45, 2.75) is 38.1 Å². The van der Waals surface area contributed by atoms with Gasteiger partial charge in [0.1, 0.15) is 5.82 Å². The third-order valence-corrected chi connectivity index (χ3v) is 4.86. The Hall–Kier alpha value is -1.42. The molecule has 0 spiro atoms. The van der Waals surface area contributed by atoms with Crippen LogP contribution in [0.5, 0.6) is 0 Å². The number of carbonyl (C=O) groups excluding carboxylic acids is 1. The van der Waals surface area contributed by atoms with Crippen molar-refractivity contribution in [1.29, 1.82) is 0 Å². The fraction of sp³-hybridized carbons (Fsp3) is 0.588. The molecule has 0 radical (unpaired) electrons. The Kier molecular flexibility index (Phi) is 4.54. The Morgan fingerprint density at radius 2 is 1.81 bits per heavy atom. The molecule has 4 heteroatoms. The van der Waals surface area contributed by atoms with Crippen molar-refractivity contribution in [3.63, 3.8) is 0 Å². The van der Waals surface area contributed by atoms with Crippen LogP contribution in [0.3, 0.4) is 0 Å². The summed E-state index contributed by atoms with van der Waals surface area (Å²) in [5, 5.41) is 6.52. The molecule has 1 aliphatic carbocycles. The number of rotatable bonds is 4. The standard InChI is InChI=1S/C17H23FN2O/c18-15-6-4-13(5-7-15)16(12-2-1-3-12)20-17(21)14-8-10-19-11-9-14/h4-7,12,14,16,19H,1-3,8-11H2,(H,20,21). The molecule has 1 amide bonds. The fourth-order valence-electron chi connectivity index (χ4n) is 3.27. The van der Waals surface area contributed by atoms with Crippen LogP contribution in [0.15, 0.2) is 24.3 Å². The molecule has 0 bridgehead atoms. The van der Waals surface area contributed by atoms with E-state index >= 15 is 0 Å². The molecule has 1 aromatic carbocycles. The summed E-state index contributed by atoms with van der Waals surface area (Å²) in [7, 11) is 0. The van der Waals surface area contributed by atoms with Crippen molar-refractivity contribution in [3.05, 3.63) is 35.6 Å². The number of benzene rings is 1. The van der Waals surface area contributed by atoms with E-state index < -0.39 is 0 Å². The van der Waals surface area contributed by atoms with Crippen molar-refractivity contribution < 1.29 is 9.18 Å². The number of hydrogen-bond donors (Lipinski definition) is 2. The predicted molar refractivity (Wildman–Crippen MR) is 80.2 cm³/mol. The molecule has 1 saturated carbocycles. The average Bonchev–Trinajstić information content (AvgIpc) is 2.46. The minimum atomic E-state index is -0.226. The first-order chi connectivity index (χ1) is 10.2. The molecule has 1 saturated heterocycles. The quantitative estimate of drug-likeness (QED) is 0.895. The van der Waals surface area contributed by atoms with Crippen molar-refractivity contribution in [2.24, 2.45) is 11.8 Å². The monoisotopic (exact) mass is 290 g/mol. The second-order valence-corrected chi connectivity index (χ2v) is 6.25. The van der Waals surface area contributed by atoms with Gasteiger partial charge in [0.15, 0.2) is 0 Å². The van der Waals surface area contributed by atoms with Crippen LogP contribution in [0.1, 0.15) is 43.7 Å². The first kappa shape index (κ1) is 14.5. The average molecular weight is 290 g/mol. The van der Waals surface area contributed by atoms with Crippen molar-refractivity contribution in [2.75, 3.05) is 13.1 Å². The lowest BCUT2D eigenvalue weighted by Gasteiger charge is -2.36. The van der Waals surface area contributed by atoms with Crippen LogP contribution in [0.2, 0.25) is 0 Å². The summed E-state index contributed by atoms with van der Waals surface area (Å²) < 4.78 is 13.1. The van der Waals surface area contributed by atoms with E-state index in [2.05, 4.69) is 10.6 Å². The summed E-state index contributed by atoms with van der Waals surface area (Å²) in [5.41, 5.74) is 1.03. The summed E-state index contributed by atoms with van der Waals surface area (Å²) in [6.07, 6.45) is 5.34. The van der Waals surface area contributed by atoms with Gasteiger partial charge in [-0.1, -0.05) is 18.6 Å². The molecule has 2 fully saturated rings. The first-order valence-corrected chi connectivity index (χ1v) is 8.00. The van der Waals surface area contributed by atoms with Crippen LogP contribution in [-0.2, 0) is 4.79 Å². The van der Waals surface area contributed by atoms with Gasteiger partial charge in [-0.2, -0.15) is 0 Å². The number of amides is 1. The molecule has 2 N–H and O–H groups in total. The molecule has 0 aromatic heterocycles. The maximum absolute atomic E-state index is 13.1. The Morgan fingerprint density at radius 3 is 2.38 bits per heavy atom. The van der Waals surface area contributed by atoms with Gasteiger partial charge in [0.25, 0.3) is 0 Å². The van der Waals surface area contributed by atoms with Crippen LogP contribution in [0.4, 0.5) is 4.39 Å².